The van der Waals surface area contributed by atoms with Gasteiger partial charge in [-0.05, 0) is 45.4 Å². The number of aromatic nitrogens is 1. The molecule has 0 spiro atoms. The molecule has 0 saturated heterocycles. The van der Waals surface area contributed by atoms with Crippen molar-refractivity contribution in [2.45, 2.75) is 33.7 Å². The molecule has 1 heterocycles. The van der Waals surface area contributed by atoms with Gasteiger partial charge in [-0.3, -0.25) is 4.79 Å². The highest BCUT2D eigenvalue weighted by molar-refractivity contribution is 6.02. The van der Waals surface area contributed by atoms with Crippen LogP contribution in [0.2, 0.25) is 0 Å². The molecule has 0 bridgehead atoms. The highest BCUT2D eigenvalue weighted by atomic mass is 16.5. The molecule has 0 fully saturated rings. The summed E-state index contributed by atoms with van der Waals surface area (Å²) < 4.78 is 7.34. The van der Waals surface area contributed by atoms with Crippen LogP contribution >= 0.6 is 0 Å². The Kier molecular flexibility index (Phi) is 4.07. The van der Waals surface area contributed by atoms with Gasteiger partial charge >= 0.3 is 0 Å². The van der Waals surface area contributed by atoms with Crippen LogP contribution in [0.4, 0.5) is 0 Å². The molecule has 0 aliphatic carbocycles. The normalized spacial score (nSPS) is 11.0. The van der Waals surface area contributed by atoms with Crippen LogP contribution in [0.3, 0.4) is 0 Å². The van der Waals surface area contributed by atoms with E-state index < -0.39 is 0 Å². The van der Waals surface area contributed by atoms with E-state index in [1.165, 1.54) is 0 Å². The monoisotopic (exact) mass is 286 g/mol. The van der Waals surface area contributed by atoms with E-state index in [0.717, 1.165) is 28.3 Å². The minimum Gasteiger partial charge on any atom is -0.497 e. The molecule has 1 amide bonds. The third-order valence-electron chi connectivity index (χ3n) is 3.84. The van der Waals surface area contributed by atoms with E-state index in [1.54, 1.807) is 7.11 Å². The van der Waals surface area contributed by atoms with Crippen molar-refractivity contribution in [3.05, 3.63) is 41.2 Å². The molecule has 2 rings (SSSR count). The van der Waals surface area contributed by atoms with Crippen LogP contribution in [0.15, 0.2) is 24.3 Å². The van der Waals surface area contributed by atoms with Gasteiger partial charge in [0.25, 0.3) is 5.91 Å². The van der Waals surface area contributed by atoms with Gasteiger partial charge in [-0.2, -0.15) is 0 Å². The molecular weight excluding hydrogens is 264 g/mol. The second-order valence-corrected chi connectivity index (χ2v) is 5.48. The molecule has 0 radical (unpaired) electrons. The molecule has 4 heteroatoms. The summed E-state index contributed by atoms with van der Waals surface area (Å²) in [4.78, 5) is 11.9. The first-order chi connectivity index (χ1) is 9.88. The zero-order valence-corrected chi connectivity index (χ0v) is 13.2. The molecule has 0 aliphatic rings. The average molecular weight is 286 g/mol. The van der Waals surface area contributed by atoms with E-state index in [2.05, 4.69) is 18.4 Å². The third-order valence-corrected chi connectivity index (χ3v) is 3.84. The summed E-state index contributed by atoms with van der Waals surface area (Å²) in [6.07, 6.45) is 0. The lowest BCUT2D eigenvalue weighted by atomic mass is 10.00. The first-order valence-corrected chi connectivity index (χ1v) is 7.04. The second-order valence-electron chi connectivity index (χ2n) is 5.48. The van der Waals surface area contributed by atoms with Crippen LogP contribution in [0.5, 0.6) is 5.75 Å². The Morgan fingerprint density at radius 3 is 2.14 bits per heavy atom. The standard InChI is InChI=1S/C17H22N2O2/c1-10(2)19-11(3)15(16(12(19)4)17(18)20)13-6-8-14(21-5)9-7-13/h6-10H,1-5H3,(H2,18,20). The van der Waals surface area contributed by atoms with Crippen LogP contribution < -0.4 is 10.5 Å². The summed E-state index contributed by atoms with van der Waals surface area (Å²) in [5, 5.41) is 0. The molecule has 112 valence electrons. The molecule has 1 aromatic heterocycles. The molecule has 0 atom stereocenters. The molecule has 1 aromatic carbocycles. The molecule has 0 saturated carbocycles. The zero-order chi connectivity index (χ0) is 15.7. The lowest BCUT2D eigenvalue weighted by molar-refractivity contribution is 0.1000. The number of nitrogens with two attached hydrogens (primary N) is 1. The fourth-order valence-electron chi connectivity index (χ4n) is 3.04. The fraction of sp³-hybridized carbons (Fsp3) is 0.353. The third kappa shape index (κ3) is 2.53. The van der Waals surface area contributed by atoms with Gasteiger partial charge in [0, 0.05) is 23.0 Å². The topological polar surface area (TPSA) is 57.2 Å². The van der Waals surface area contributed by atoms with E-state index in [0.29, 0.717) is 5.56 Å². The van der Waals surface area contributed by atoms with Crippen LogP contribution in [0.25, 0.3) is 11.1 Å². The SMILES string of the molecule is COc1ccc(-c2c(C(N)=O)c(C)n(C(C)C)c2C)cc1. The predicted molar refractivity (Wildman–Crippen MR) is 84.8 cm³/mol. The number of primary amides is 1. The smallest absolute Gasteiger partial charge is 0.251 e. The largest absolute Gasteiger partial charge is 0.497 e. The number of hydrogen-bond acceptors (Lipinski definition) is 2. The van der Waals surface area contributed by atoms with Crippen molar-refractivity contribution in [1.82, 2.24) is 4.57 Å². The van der Waals surface area contributed by atoms with Crippen molar-refractivity contribution in [3.63, 3.8) is 0 Å². The van der Waals surface area contributed by atoms with E-state index in [-0.39, 0.29) is 11.9 Å². The number of carbonyl (C=O) groups excluding carboxylic acids is 1. The van der Waals surface area contributed by atoms with Gasteiger partial charge in [-0.15, -0.1) is 0 Å². The van der Waals surface area contributed by atoms with Crippen molar-refractivity contribution in [1.29, 1.82) is 0 Å². The van der Waals surface area contributed by atoms with Gasteiger partial charge in [0.1, 0.15) is 5.75 Å². The highest BCUT2D eigenvalue weighted by Crippen LogP contribution is 2.34. The number of hydrogen-bond donors (Lipinski definition) is 1. The molecule has 21 heavy (non-hydrogen) atoms. The number of ether oxygens (including phenoxy) is 1. The van der Waals surface area contributed by atoms with Crippen LogP contribution in [-0.4, -0.2) is 17.6 Å². The van der Waals surface area contributed by atoms with Crippen LogP contribution in [-0.2, 0) is 0 Å². The van der Waals surface area contributed by atoms with Crippen LogP contribution in [0, 0.1) is 13.8 Å². The van der Waals surface area contributed by atoms with Gasteiger partial charge in [-0.25, -0.2) is 0 Å². The number of methoxy groups -OCH3 is 1. The Morgan fingerprint density at radius 2 is 1.71 bits per heavy atom. The Balaban J connectivity index is 2.71. The molecule has 2 aromatic rings. The maximum absolute atomic E-state index is 11.9. The summed E-state index contributed by atoms with van der Waals surface area (Å²) in [6.45, 7) is 8.17. The Labute approximate surface area is 125 Å². The van der Waals surface area contributed by atoms with E-state index in [9.17, 15) is 4.79 Å². The Morgan fingerprint density at radius 1 is 1.14 bits per heavy atom. The van der Waals surface area contributed by atoms with Gasteiger partial charge in [0.15, 0.2) is 0 Å². The Bertz CT molecular complexity index is 667. The predicted octanol–water partition coefficient (Wildman–Crippen LogP) is 3.46. The number of amides is 1. The van der Waals surface area contributed by atoms with Crippen molar-refractivity contribution in [2.75, 3.05) is 7.11 Å². The summed E-state index contributed by atoms with van der Waals surface area (Å²) >= 11 is 0. The van der Waals surface area contributed by atoms with E-state index in [1.807, 2.05) is 38.1 Å². The number of nitrogens with zero attached hydrogens (tertiary/aromatic N) is 1. The quantitative estimate of drug-likeness (QED) is 0.935. The van der Waals surface area contributed by atoms with Crippen molar-refractivity contribution < 1.29 is 9.53 Å². The highest BCUT2D eigenvalue weighted by Gasteiger charge is 2.23. The second kappa shape index (κ2) is 5.64. The van der Waals surface area contributed by atoms with Gasteiger partial charge in [0.05, 0.1) is 12.7 Å². The summed E-state index contributed by atoms with van der Waals surface area (Å²) in [6, 6.07) is 7.97. The first-order valence-electron chi connectivity index (χ1n) is 7.04. The molecule has 4 nitrogen and oxygen atoms in total. The van der Waals surface area contributed by atoms with E-state index >= 15 is 0 Å². The number of carbonyl (C=O) groups is 1. The van der Waals surface area contributed by atoms with Crippen LogP contribution in [0.1, 0.15) is 41.6 Å². The first kappa shape index (κ1) is 15.2. The number of rotatable bonds is 4. The van der Waals surface area contributed by atoms with Gasteiger partial charge in [-0.1, -0.05) is 12.1 Å². The maximum atomic E-state index is 11.9. The maximum Gasteiger partial charge on any atom is 0.251 e. The summed E-state index contributed by atoms with van der Waals surface area (Å²) in [5.41, 5.74) is 10.1. The minimum atomic E-state index is -0.388. The van der Waals surface area contributed by atoms with Crippen molar-refractivity contribution in [3.8, 4) is 16.9 Å². The van der Waals surface area contributed by atoms with Crippen molar-refractivity contribution in [2.24, 2.45) is 5.73 Å². The summed E-state index contributed by atoms with van der Waals surface area (Å²) in [5.74, 6) is 0.401. The summed E-state index contributed by atoms with van der Waals surface area (Å²) in [7, 11) is 1.63. The minimum absolute atomic E-state index is 0.273. The fourth-order valence-corrected chi connectivity index (χ4v) is 3.04. The molecular formula is C17H22N2O2. The van der Waals surface area contributed by atoms with Gasteiger partial charge in [0.2, 0.25) is 0 Å². The van der Waals surface area contributed by atoms with E-state index in [4.69, 9.17) is 10.5 Å². The number of benzene rings is 1. The molecule has 0 aliphatic heterocycles. The van der Waals surface area contributed by atoms with Gasteiger partial charge < -0.3 is 15.0 Å². The zero-order valence-electron chi connectivity index (χ0n) is 13.2. The molecule has 0 unspecified atom stereocenters. The Hall–Kier alpha value is -2.23. The lowest BCUT2D eigenvalue weighted by Crippen LogP contribution is -2.14. The lowest BCUT2D eigenvalue weighted by Gasteiger charge is -2.13. The van der Waals surface area contributed by atoms with Crippen molar-refractivity contribution >= 4 is 5.91 Å². The average Bonchev–Trinajstić information content (AvgIpc) is 2.70. The molecule has 2 N–H and O–H groups in total.